The number of imidazole rings is 1. The molecule has 3 heterocycles. The highest BCUT2D eigenvalue weighted by atomic mass is 15.3. The highest BCUT2D eigenvalue weighted by Gasteiger charge is 2.25. The van der Waals surface area contributed by atoms with Gasteiger partial charge in [0, 0.05) is 25.3 Å². The monoisotopic (exact) mass is 346 g/mol. The highest BCUT2D eigenvalue weighted by Crippen LogP contribution is 2.31. The van der Waals surface area contributed by atoms with E-state index in [0.29, 0.717) is 5.56 Å². The van der Waals surface area contributed by atoms with Crippen LogP contribution in [0.5, 0.6) is 0 Å². The number of para-hydroxylation sites is 2. The number of hydrogen-bond acceptors (Lipinski definition) is 5. The van der Waals surface area contributed by atoms with Gasteiger partial charge in [0.15, 0.2) is 0 Å². The SMILES string of the molecule is C[C@H](c1ccc(C#N)cn1)n1c(N2CCC[C@H](N)C2)nc2ccccc21. The molecule has 3 aromatic rings. The molecule has 132 valence electrons. The van der Waals surface area contributed by atoms with E-state index in [1.807, 2.05) is 30.3 Å². The number of fused-ring (bicyclic) bond motifs is 1. The van der Waals surface area contributed by atoms with Crippen molar-refractivity contribution in [3.05, 3.63) is 53.9 Å². The predicted molar refractivity (Wildman–Crippen MR) is 102 cm³/mol. The Morgan fingerprint density at radius 1 is 1.27 bits per heavy atom. The van der Waals surface area contributed by atoms with Gasteiger partial charge in [-0.15, -0.1) is 0 Å². The van der Waals surface area contributed by atoms with Crippen LogP contribution in [0.2, 0.25) is 0 Å². The van der Waals surface area contributed by atoms with Gasteiger partial charge in [0.1, 0.15) is 6.07 Å². The Balaban J connectivity index is 1.81. The summed E-state index contributed by atoms with van der Waals surface area (Å²) >= 11 is 0. The molecule has 0 amide bonds. The summed E-state index contributed by atoms with van der Waals surface area (Å²) in [7, 11) is 0. The van der Waals surface area contributed by atoms with Crippen LogP contribution in [0.25, 0.3) is 11.0 Å². The van der Waals surface area contributed by atoms with Crippen LogP contribution in [0.15, 0.2) is 42.6 Å². The number of pyridine rings is 1. The van der Waals surface area contributed by atoms with Gasteiger partial charge >= 0.3 is 0 Å². The molecule has 0 bridgehead atoms. The lowest BCUT2D eigenvalue weighted by molar-refractivity contribution is 0.489. The first-order valence-corrected chi connectivity index (χ1v) is 9.01. The third kappa shape index (κ3) is 2.91. The van der Waals surface area contributed by atoms with Crippen LogP contribution < -0.4 is 10.6 Å². The molecule has 0 radical (unpaired) electrons. The van der Waals surface area contributed by atoms with Gasteiger partial charge in [-0.2, -0.15) is 5.26 Å². The Morgan fingerprint density at radius 2 is 2.12 bits per heavy atom. The highest BCUT2D eigenvalue weighted by molar-refractivity contribution is 5.79. The molecule has 2 N–H and O–H groups in total. The lowest BCUT2D eigenvalue weighted by Crippen LogP contribution is -2.44. The molecule has 4 rings (SSSR count). The van der Waals surface area contributed by atoms with Crippen LogP contribution in [-0.2, 0) is 0 Å². The molecule has 1 aliphatic rings. The average molecular weight is 346 g/mol. The summed E-state index contributed by atoms with van der Waals surface area (Å²) < 4.78 is 2.24. The lowest BCUT2D eigenvalue weighted by atomic mass is 10.1. The van der Waals surface area contributed by atoms with E-state index in [-0.39, 0.29) is 12.1 Å². The van der Waals surface area contributed by atoms with E-state index < -0.39 is 0 Å². The minimum atomic E-state index is 0.00305. The van der Waals surface area contributed by atoms with Gasteiger partial charge in [0.05, 0.1) is 28.3 Å². The Kier molecular flexibility index (Phi) is 4.31. The molecule has 0 spiro atoms. The smallest absolute Gasteiger partial charge is 0.207 e. The standard InChI is InChI=1S/C20H22N6/c1-14(17-9-8-15(11-21)12-23-17)26-19-7-3-2-6-18(19)24-20(26)25-10-4-5-16(22)13-25/h2-3,6-9,12,14,16H,4-5,10,13,22H2,1H3/t14-,16+/m1/s1. The number of benzene rings is 1. The molecule has 0 unspecified atom stereocenters. The van der Waals surface area contributed by atoms with E-state index >= 15 is 0 Å². The fraction of sp³-hybridized carbons (Fsp3) is 0.350. The van der Waals surface area contributed by atoms with Crippen LogP contribution in [0.4, 0.5) is 5.95 Å². The quantitative estimate of drug-likeness (QED) is 0.788. The zero-order chi connectivity index (χ0) is 18.1. The fourth-order valence-electron chi connectivity index (χ4n) is 3.68. The molecule has 1 aliphatic heterocycles. The third-order valence-corrected chi connectivity index (χ3v) is 5.05. The summed E-state index contributed by atoms with van der Waals surface area (Å²) in [5, 5.41) is 9.01. The van der Waals surface area contributed by atoms with Crippen molar-refractivity contribution < 1.29 is 0 Å². The van der Waals surface area contributed by atoms with Crippen molar-refractivity contribution in [1.29, 1.82) is 5.26 Å². The van der Waals surface area contributed by atoms with Crippen LogP contribution in [0.3, 0.4) is 0 Å². The van der Waals surface area contributed by atoms with Crippen molar-refractivity contribution >= 4 is 17.0 Å². The van der Waals surface area contributed by atoms with Gasteiger partial charge in [0.2, 0.25) is 5.95 Å². The maximum atomic E-state index is 9.01. The molecule has 1 aromatic carbocycles. The Morgan fingerprint density at radius 3 is 2.85 bits per heavy atom. The molecule has 1 saturated heterocycles. The molecule has 1 fully saturated rings. The Labute approximate surface area is 152 Å². The second kappa shape index (κ2) is 6.77. The average Bonchev–Trinajstić information content (AvgIpc) is 3.07. The summed E-state index contributed by atoms with van der Waals surface area (Å²) in [4.78, 5) is 11.7. The molecule has 6 heteroatoms. The summed E-state index contributed by atoms with van der Waals surface area (Å²) in [6.07, 6.45) is 3.76. The summed E-state index contributed by atoms with van der Waals surface area (Å²) in [6.45, 7) is 3.90. The number of rotatable bonds is 3. The molecular formula is C20H22N6. The van der Waals surface area contributed by atoms with Crippen molar-refractivity contribution in [2.75, 3.05) is 18.0 Å². The molecule has 0 saturated carbocycles. The van der Waals surface area contributed by atoms with E-state index in [2.05, 4.69) is 33.5 Å². The van der Waals surface area contributed by atoms with Crippen molar-refractivity contribution in [3.63, 3.8) is 0 Å². The maximum absolute atomic E-state index is 9.01. The summed E-state index contributed by atoms with van der Waals surface area (Å²) in [6, 6.07) is 14.2. The van der Waals surface area contributed by atoms with Crippen LogP contribution >= 0.6 is 0 Å². The number of aromatic nitrogens is 3. The molecule has 2 aromatic heterocycles. The summed E-state index contributed by atoms with van der Waals surface area (Å²) in [5.41, 5.74) is 9.74. The first-order chi connectivity index (χ1) is 12.7. The van der Waals surface area contributed by atoms with Gasteiger partial charge in [0.25, 0.3) is 0 Å². The van der Waals surface area contributed by atoms with Gasteiger partial charge in [-0.25, -0.2) is 4.98 Å². The number of hydrogen-bond donors (Lipinski definition) is 1. The van der Waals surface area contributed by atoms with Crippen LogP contribution in [0, 0.1) is 11.3 Å². The first-order valence-electron chi connectivity index (χ1n) is 9.01. The van der Waals surface area contributed by atoms with E-state index in [4.69, 9.17) is 16.0 Å². The molecular weight excluding hydrogens is 324 g/mol. The van der Waals surface area contributed by atoms with Crippen molar-refractivity contribution in [1.82, 2.24) is 14.5 Å². The molecule has 2 atom stereocenters. The van der Waals surface area contributed by atoms with Crippen LogP contribution in [-0.4, -0.2) is 33.7 Å². The van der Waals surface area contributed by atoms with Crippen molar-refractivity contribution in [2.45, 2.75) is 31.8 Å². The number of anilines is 1. The maximum Gasteiger partial charge on any atom is 0.207 e. The molecule has 6 nitrogen and oxygen atoms in total. The third-order valence-electron chi connectivity index (χ3n) is 5.05. The molecule has 0 aliphatic carbocycles. The lowest BCUT2D eigenvalue weighted by Gasteiger charge is -2.33. The van der Waals surface area contributed by atoms with E-state index in [9.17, 15) is 0 Å². The minimum absolute atomic E-state index is 0.00305. The number of nitriles is 1. The van der Waals surface area contributed by atoms with E-state index in [1.54, 1.807) is 6.20 Å². The second-order valence-corrected chi connectivity index (χ2v) is 6.88. The Hall–Kier alpha value is -2.91. The van der Waals surface area contributed by atoms with E-state index in [0.717, 1.165) is 48.6 Å². The summed E-state index contributed by atoms with van der Waals surface area (Å²) in [5.74, 6) is 0.944. The predicted octanol–water partition coefficient (Wildman–Crippen LogP) is 2.84. The Bertz CT molecular complexity index is 953. The fourth-order valence-corrected chi connectivity index (χ4v) is 3.68. The molecule has 26 heavy (non-hydrogen) atoms. The van der Waals surface area contributed by atoms with Gasteiger partial charge in [-0.3, -0.25) is 4.98 Å². The first kappa shape index (κ1) is 16.6. The zero-order valence-corrected chi connectivity index (χ0v) is 14.8. The number of nitrogens with two attached hydrogens (primary N) is 1. The van der Waals surface area contributed by atoms with Crippen molar-refractivity contribution in [2.24, 2.45) is 5.73 Å². The van der Waals surface area contributed by atoms with Crippen molar-refractivity contribution in [3.8, 4) is 6.07 Å². The second-order valence-electron chi connectivity index (χ2n) is 6.88. The van der Waals surface area contributed by atoms with Gasteiger partial charge < -0.3 is 15.2 Å². The normalized spacial score (nSPS) is 18.7. The topological polar surface area (TPSA) is 83.8 Å². The zero-order valence-electron chi connectivity index (χ0n) is 14.8. The minimum Gasteiger partial charge on any atom is -0.341 e. The van der Waals surface area contributed by atoms with Gasteiger partial charge in [-0.05, 0) is 44.0 Å². The van der Waals surface area contributed by atoms with Gasteiger partial charge in [-0.1, -0.05) is 12.1 Å². The number of piperidine rings is 1. The largest absolute Gasteiger partial charge is 0.341 e. The van der Waals surface area contributed by atoms with E-state index in [1.165, 1.54) is 0 Å². The van der Waals surface area contributed by atoms with Crippen LogP contribution in [0.1, 0.15) is 37.1 Å². The number of nitrogens with zero attached hydrogens (tertiary/aromatic N) is 5.